The highest BCUT2D eigenvalue weighted by Gasteiger charge is 2.35. The number of hydrogen-bond acceptors (Lipinski definition) is 4. The summed E-state index contributed by atoms with van der Waals surface area (Å²) in [6.07, 6.45) is 3.72. The minimum absolute atomic E-state index is 0.0640. The van der Waals surface area contributed by atoms with Crippen LogP contribution in [-0.2, 0) is 16.4 Å². The summed E-state index contributed by atoms with van der Waals surface area (Å²) in [5, 5.41) is 0. The van der Waals surface area contributed by atoms with E-state index in [9.17, 15) is 8.42 Å². The van der Waals surface area contributed by atoms with E-state index in [4.69, 9.17) is 5.73 Å². The third-order valence-corrected chi connectivity index (χ3v) is 7.28. The molecule has 2 atom stereocenters. The zero-order chi connectivity index (χ0) is 14.0. The van der Waals surface area contributed by atoms with Crippen molar-refractivity contribution < 1.29 is 8.42 Å². The van der Waals surface area contributed by atoms with Gasteiger partial charge in [0, 0.05) is 23.5 Å². The lowest BCUT2D eigenvalue weighted by atomic mass is 10.00. The molecular weight excluding hydrogens is 280 g/mol. The van der Waals surface area contributed by atoms with Crippen LogP contribution in [-0.4, -0.2) is 31.4 Å². The van der Waals surface area contributed by atoms with E-state index in [1.54, 1.807) is 10.4 Å². The fourth-order valence-corrected chi connectivity index (χ4v) is 5.76. The quantitative estimate of drug-likeness (QED) is 0.927. The molecule has 0 aromatic carbocycles. The van der Waals surface area contributed by atoms with Crippen LogP contribution in [0.25, 0.3) is 0 Å². The summed E-state index contributed by atoms with van der Waals surface area (Å²) in [6, 6.07) is 3.44. The molecule has 1 fully saturated rings. The molecule has 1 aliphatic rings. The Kier molecular flexibility index (Phi) is 4.66. The highest BCUT2D eigenvalue weighted by molar-refractivity contribution is 7.91. The van der Waals surface area contributed by atoms with Crippen LogP contribution in [0.3, 0.4) is 0 Å². The van der Waals surface area contributed by atoms with Gasteiger partial charge in [-0.05, 0) is 38.3 Å². The fourth-order valence-electron chi connectivity index (χ4n) is 2.56. The molecule has 0 bridgehead atoms. The van der Waals surface area contributed by atoms with Crippen molar-refractivity contribution in [1.29, 1.82) is 0 Å². The minimum Gasteiger partial charge on any atom is -0.326 e. The summed E-state index contributed by atoms with van der Waals surface area (Å²) in [4.78, 5) is 1.10. The van der Waals surface area contributed by atoms with E-state index in [0.29, 0.717) is 10.8 Å². The van der Waals surface area contributed by atoms with Crippen LogP contribution in [0.5, 0.6) is 0 Å². The summed E-state index contributed by atoms with van der Waals surface area (Å²) < 4.78 is 27.5. The van der Waals surface area contributed by atoms with Gasteiger partial charge >= 0.3 is 0 Å². The largest absolute Gasteiger partial charge is 0.326 e. The maximum absolute atomic E-state index is 12.7. The molecule has 1 saturated heterocycles. The van der Waals surface area contributed by atoms with Gasteiger partial charge < -0.3 is 5.73 Å². The Hall–Kier alpha value is -0.430. The zero-order valence-corrected chi connectivity index (χ0v) is 13.1. The van der Waals surface area contributed by atoms with Gasteiger partial charge in [-0.15, -0.1) is 11.3 Å². The third-order valence-electron chi connectivity index (χ3n) is 3.65. The summed E-state index contributed by atoms with van der Waals surface area (Å²) in [5.74, 6) is 0. The van der Waals surface area contributed by atoms with E-state index in [0.717, 1.165) is 30.6 Å². The summed E-state index contributed by atoms with van der Waals surface area (Å²) in [5.41, 5.74) is 5.96. The number of rotatable bonds is 4. The average molecular weight is 302 g/mol. The molecule has 2 N–H and O–H groups in total. The zero-order valence-electron chi connectivity index (χ0n) is 11.5. The van der Waals surface area contributed by atoms with Crippen LogP contribution in [0.1, 0.15) is 38.0 Å². The van der Waals surface area contributed by atoms with Crippen molar-refractivity contribution in [3.63, 3.8) is 0 Å². The highest BCUT2D eigenvalue weighted by atomic mass is 32.2. The number of nitrogens with zero attached hydrogens (tertiary/aromatic N) is 1. The first kappa shape index (κ1) is 15.0. The number of sulfonamides is 1. The van der Waals surface area contributed by atoms with E-state index in [1.165, 1.54) is 11.3 Å². The first-order valence-electron chi connectivity index (χ1n) is 6.83. The van der Waals surface area contributed by atoms with Crippen LogP contribution in [0, 0.1) is 0 Å². The van der Waals surface area contributed by atoms with Gasteiger partial charge in [-0.3, -0.25) is 0 Å². The highest BCUT2D eigenvalue weighted by Crippen LogP contribution is 2.30. The smallest absolute Gasteiger partial charge is 0.252 e. The van der Waals surface area contributed by atoms with Crippen LogP contribution >= 0.6 is 11.3 Å². The first-order valence-corrected chi connectivity index (χ1v) is 9.08. The van der Waals surface area contributed by atoms with Crippen molar-refractivity contribution in [2.45, 2.75) is 55.8 Å². The Balaban J connectivity index is 2.31. The van der Waals surface area contributed by atoms with Crippen LogP contribution in [0.4, 0.5) is 0 Å². The molecule has 2 unspecified atom stereocenters. The minimum atomic E-state index is -3.37. The first-order chi connectivity index (χ1) is 8.96. The van der Waals surface area contributed by atoms with Crippen molar-refractivity contribution in [1.82, 2.24) is 4.31 Å². The number of nitrogens with two attached hydrogens (primary N) is 1. The molecule has 0 amide bonds. The van der Waals surface area contributed by atoms with E-state index in [2.05, 4.69) is 0 Å². The molecule has 19 heavy (non-hydrogen) atoms. The van der Waals surface area contributed by atoms with Crippen molar-refractivity contribution in [3.05, 3.63) is 17.0 Å². The normalized spacial score (nSPS) is 23.4. The Morgan fingerprint density at radius 1 is 1.47 bits per heavy atom. The lowest BCUT2D eigenvalue weighted by molar-refractivity contribution is 0.227. The molecule has 4 nitrogen and oxygen atoms in total. The second-order valence-electron chi connectivity index (χ2n) is 5.11. The predicted molar refractivity (Wildman–Crippen MR) is 78.9 cm³/mol. The molecule has 1 aliphatic heterocycles. The molecule has 2 heterocycles. The van der Waals surface area contributed by atoms with Gasteiger partial charge in [-0.1, -0.05) is 13.3 Å². The Morgan fingerprint density at radius 3 is 2.79 bits per heavy atom. The number of hydrogen-bond donors (Lipinski definition) is 1. The average Bonchev–Trinajstić information content (AvgIpc) is 2.88. The summed E-state index contributed by atoms with van der Waals surface area (Å²) >= 11 is 1.38. The standard InChI is InChI=1S/C13H22N2O2S2/c1-3-11-7-8-13(18-11)19(16,17)15-9-5-4-6-12(15)10(2)14/h7-8,10,12H,3-6,9,14H2,1-2H3. The number of aryl methyl sites for hydroxylation is 1. The maximum Gasteiger partial charge on any atom is 0.252 e. The maximum atomic E-state index is 12.7. The van der Waals surface area contributed by atoms with Gasteiger partial charge in [0.1, 0.15) is 4.21 Å². The summed E-state index contributed by atoms with van der Waals surface area (Å²) in [6.45, 7) is 4.52. The molecule has 6 heteroatoms. The predicted octanol–water partition coefficient (Wildman–Crippen LogP) is 2.20. The fraction of sp³-hybridized carbons (Fsp3) is 0.692. The van der Waals surface area contributed by atoms with Crippen LogP contribution < -0.4 is 5.73 Å². The molecule has 1 aromatic heterocycles. The Morgan fingerprint density at radius 2 is 2.21 bits per heavy atom. The van der Waals surface area contributed by atoms with Crippen molar-refractivity contribution in [2.24, 2.45) is 5.73 Å². The van der Waals surface area contributed by atoms with Crippen molar-refractivity contribution >= 4 is 21.4 Å². The molecule has 0 aliphatic carbocycles. The van der Waals surface area contributed by atoms with E-state index < -0.39 is 10.0 Å². The monoisotopic (exact) mass is 302 g/mol. The van der Waals surface area contributed by atoms with Gasteiger partial charge in [0.15, 0.2) is 0 Å². The van der Waals surface area contributed by atoms with Gasteiger partial charge in [-0.25, -0.2) is 8.42 Å². The molecule has 108 valence electrons. The Bertz CT molecular complexity index is 523. The molecule has 0 spiro atoms. The van der Waals surface area contributed by atoms with Crippen molar-refractivity contribution in [3.8, 4) is 0 Å². The topological polar surface area (TPSA) is 63.4 Å². The second kappa shape index (κ2) is 5.91. The molecular formula is C13H22N2O2S2. The lowest BCUT2D eigenvalue weighted by Gasteiger charge is -2.36. The third kappa shape index (κ3) is 3.02. The molecule has 0 radical (unpaired) electrons. The van der Waals surface area contributed by atoms with Gasteiger partial charge in [0.05, 0.1) is 0 Å². The lowest BCUT2D eigenvalue weighted by Crippen LogP contribution is -2.51. The van der Waals surface area contributed by atoms with E-state index in [-0.39, 0.29) is 12.1 Å². The molecule has 0 saturated carbocycles. The Labute approximate surface area is 119 Å². The van der Waals surface area contributed by atoms with E-state index >= 15 is 0 Å². The van der Waals surface area contributed by atoms with Gasteiger partial charge in [-0.2, -0.15) is 4.31 Å². The number of piperidine rings is 1. The molecule has 2 rings (SSSR count). The van der Waals surface area contributed by atoms with Gasteiger partial charge in [0.2, 0.25) is 0 Å². The number of thiophene rings is 1. The summed E-state index contributed by atoms with van der Waals surface area (Å²) in [7, 11) is -3.37. The van der Waals surface area contributed by atoms with Gasteiger partial charge in [0.25, 0.3) is 10.0 Å². The van der Waals surface area contributed by atoms with Crippen LogP contribution in [0.15, 0.2) is 16.3 Å². The van der Waals surface area contributed by atoms with Crippen molar-refractivity contribution in [2.75, 3.05) is 6.54 Å². The SMILES string of the molecule is CCc1ccc(S(=O)(=O)N2CCCCC2C(C)N)s1. The molecule has 1 aromatic rings. The van der Waals surface area contributed by atoms with Crippen LogP contribution in [0.2, 0.25) is 0 Å². The van der Waals surface area contributed by atoms with E-state index in [1.807, 2.05) is 19.9 Å². The second-order valence-corrected chi connectivity index (χ2v) is 8.40.